The second-order valence-electron chi connectivity index (χ2n) is 8.30. The van der Waals surface area contributed by atoms with Crippen molar-refractivity contribution >= 4 is 12.0 Å². The molecule has 30 heavy (non-hydrogen) atoms. The van der Waals surface area contributed by atoms with Crippen LogP contribution in [-0.2, 0) is 16.1 Å². The molecule has 0 aromatic heterocycles. The summed E-state index contributed by atoms with van der Waals surface area (Å²) < 4.78 is 5.43. The molecule has 2 aliphatic rings. The largest absolute Gasteiger partial charge is 0.445 e. The molecule has 1 aliphatic heterocycles. The van der Waals surface area contributed by atoms with E-state index in [1.165, 1.54) is 0 Å². The van der Waals surface area contributed by atoms with Gasteiger partial charge in [-0.2, -0.15) is 0 Å². The van der Waals surface area contributed by atoms with Gasteiger partial charge in [0.2, 0.25) is 5.91 Å². The molecule has 1 aliphatic carbocycles. The molecule has 3 rings (SSSR count). The zero-order valence-electron chi connectivity index (χ0n) is 17.9. The lowest BCUT2D eigenvalue weighted by Crippen LogP contribution is -2.50. The van der Waals surface area contributed by atoms with Crippen molar-refractivity contribution in [2.75, 3.05) is 32.7 Å². The molecule has 0 radical (unpaired) electrons. The molecular weight excluding hydrogens is 380 g/mol. The topological polar surface area (TPSA) is 73.9 Å². The smallest absolute Gasteiger partial charge is 0.410 e. The first-order valence-electron chi connectivity index (χ1n) is 10.9. The van der Waals surface area contributed by atoms with Crippen LogP contribution in [0.15, 0.2) is 42.6 Å². The Kier molecular flexibility index (Phi) is 8.13. The second-order valence-corrected chi connectivity index (χ2v) is 8.30. The molecular formula is C23H34N4O3. The number of benzene rings is 1. The highest BCUT2D eigenvalue weighted by molar-refractivity contribution is 5.73. The van der Waals surface area contributed by atoms with Crippen molar-refractivity contribution in [3.05, 3.63) is 48.2 Å². The van der Waals surface area contributed by atoms with Gasteiger partial charge in [-0.3, -0.25) is 9.69 Å². The minimum Gasteiger partial charge on any atom is -0.445 e. The summed E-state index contributed by atoms with van der Waals surface area (Å²) in [6, 6.07) is 10.5. The molecule has 2 fully saturated rings. The van der Waals surface area contributed by atoms with Crippen molar-refractivity contribution in [3.8, 4) is 0 Å². The highest BCUT2D eigenvalue weighted by atomic mass is 16.6. The SMILES string of the molecule is C=C(CN1CCN(C(=O)OCc2ccccc2)CC1)NC1CCC(NC(C)=O)CC1. The molecule has 7 heteroatoms. The average molecular weight is 415 g/mol. The van der Waals surface area contributed by atoms with E-state index in [9.17, 15) is 9.59 Å². The van der Waals surface area contributed by atoms with Crippen LogP contribution in [0, 0.1) is 0 Å². The highest BCUT2D eigenvalue weighted by Gasteiger charge is 2.24. The molecule has 1 aromatic rings. The fourth-order valence-electron chi connectivity index (χ4n) is 4.17. The van der Waals surface area contributed by atoms with Crippen LogP contribution in [0.3, 0.4) is 0 Å². The zero-order valence-corrected chi connectivity index (χ0v) is 17.9. The van der Waals surface area contributed by atoms with E-state index >= 15 is 0 Å². The van der Waals surface area contributed by atoms with Gasteiger partial charge in [0.25, 0.3) is 0 Å². The highest BCUT2D eigenvalue weighted by Crippen LogP contribution is 2.19. The van der Waals surface area contributed by atoms with Crippen molar-refractivity contribution in [3.63, 3.8) is 0 Å². The van der Waals surface area contributed by atoms with E-state index < -0.39 is 0 Å². The molecule has 7 nitrogen and oxygen atoms in total. The Morgan fingerprint density at radius 2 is 1.60 bits per heavy atom. The Balaban J connectivity index is 1.31. The first-order valence-corrected chi connectivity index (χ1v) is 10.9. The Morgan fingerprint density at radius 3 is 2.20 bits per heavy atom. The molecule has 2 N–H and O–H groups in total. The maximum absolute atomic E-state index is 12.3. The number of nitrogens with zero attached hydrogens (tertiary/aromatic N) is 2. The minimum atomic E-state index is -0.244. The summed E-state index contributed by atoms with van der Waals surface area (Å²) in [4.78, 5) is 27.6. The zero-order chi connectivity index (χ0) is 21.3. The number of carbonyl (C=O) groups is 2. The number of hydrogen-bond acceptors (Lipinski definition) is 5. The number of piperazine rings is 1. The molecule has 0 spiro atoms. The van der Waals surface area contributed by atoms with Gasteiger partial charge < -0.3 is 20.3 Å². The summed E-state index contributed by atoms with van der Waals surface area (Å²) in [7, 11) is 0. The summed E-state index contributed by atoms with van der Waals surface area (Å²) in [5.41, 5.74) is 2.02. The van der Waals surface area contributed by atoms with Crippen LogP contribution in [0.2, 0.25) is 0 Å². The van der Waals surface area contributed by atoms with E-state index in [0.717, 1.165) is 56.6 Å². The fourth-order valence-corrected chi connectivity index (χ4v) is 4.17. The average Bonchev–Trinajstić information content (AvgIpc) is 2.74. The van der Waals surface area contributed by atoms with Crippen molar-refractivity contribution in [2.24, 2.45) is 0 Å². The molecule has 2 amide bonds. The third kappa shape index (κ3) is 7.06. The van der Waals surface area contributed by atoms with Crippen LogP contribution in [0.1, 0.15) is 38.2 Å². The Hall–Kier alpha value is -2.54. The van der Waals surface area contributed by atoms with Crippen LogP contribution in [0.5, 0.6) is 0 Å². The molecule has 1 saturated carbocycles. The van der Waals surface area contributed by atoms with E-state index in [2.05, 4.69) is 22.1 Å². The molecule has 164 valence electrons. The number of rotatable bonds is 7. The summed E-state index contributed by atoms with van der Waals surface area (Å²) >= 11 is 0. The first-order chi connectivity index (χ1) is 14.5. The minimum absolute atomic E-state index is 0.0545. The van der Waals surface area contributed by atoms with Crippen LogP contribution < -0.4 is 10.6 Å². The molecule has 0 atom stereocenters. The van der Waals surface area contributed by atoms with Gasteiger partial charge in [0.15, 0.2) is 0 Å². The van der Waals surface area contributed by atoms with Gasteiger partial charge in [0, 0.05) is 57.4 Å². The predicted molar refractivity (Wildman–Crippen MR) is 117 cm³/mol. The van der Waals surface area contributed by atoms with Gasteiger partial charge in [-0.1, -0.05) is 36.9 Å². The maximum Gasteiger partial charge on any atom is 0.410 e. The lowest BCUT2D eigenvalue weighted by atomic mass is 9.91. The third-order valence-electron chi connectivity index (χ3n) is 5.79. The van der Waals surface area contributed by atoms with Crippen LogP contribution in [0.25, 0.3) is 0 Å². The van der Waals surface area contributed by atoms with E-state index in [1.807, 2.05) is 30.3 Å². The normalized spacial score (nSPS) is 22.2. The van der Waals surface area contributed by atoms with Gasteiger partial charge in [0.1, 0.15) is 6.61 Å². The van der Waals surface area contributed by atoms with Crippen molar-refractivity contribution in [1.29, 1.82) is 0 Å². The molecule has 0 bridgehead atoms. The lowest BCUT2D eigenvalue weighted by molar-refractivity contribution is -0.119. The van der Waals surface area contributed by atoms with Crippen molar-refractivity contribution in [2.45, 2.75) is 51.3 Å². The summed E-state index contributed by atoms with van der Waals surface area (Å²) in [5.74, 6) is 0.0545. The first kappa shape index (κ1) is 22.2. The van der Waals surface area contributed by atoms with Gasteiger partial charge in [-0.15, -0.1) is 0 Å². The van der Waals surface area contributed by atoms with Crippen LogP contribution in [0.4, 0.5) is 4.79 Å². The van der Waals surface area contributed by atoms with Crippen molar-refractivity contribution < 1.29 is 14.3 Å². The van der Waals surface area contributed by atoms with Gasteiger partial charge >= 0.3 is 6.09 Å². The number of carbonyl (C=O) groups excluding carboxylic acids is 2. The number of nitrogens with one attached hydrogen (secondary N) is 2. The van der Waals surface area contributed by atoms with E-state index in [4.69, 9.17) is 4.74 Å². The third-order valence-corrected chi connectivity index (χ3v) is 5.79. The van der Waals surface area contributed by atoms with Crippen LogP contribution in [-0.4, -0.2) is 66.6 Å². The standard InChI is InChI=1S/C23H34N4O3/c1-18(24-21-8-10-22(11-9-21)25-19(2)28)16-26-12-14-27(15-13-26)23(29)30-17-20-6-4-3-5-7-20/h3-7,21-22,24H,1,8-17H2,2H3,(H,25,28). The Bertz CT molecular complexity index is 708. The van der Waals surface area contributed by atoms with E-state index in [1.54, 1.807) is 11.8 Å². The molecule has 1 aromatic carbocycles. The monoisotopic (exact) mass is 414 g/mol. The molecule has 0 unspecified atom stereocenters. The van der Waals surface area contributed by atoms with Crippen LogP contribution >= 0.6 is 0 Å². The molecule has 1 heterocycles. The maximum atomic E-state index is 12.3. The summed E-state index contributed by atoms with van der Waals surface area (Å²) in [5, 5.41) is 6.57. The summed E-state index contributed by atoms with van der Waals surface area (Å²) in [6.45, 7) is 9.85. The quantitative estimate of drug-likeness (QED) is 0.717. The van der Waals surface area contributed by atoms with Gasteiger partial charge in [0.05, 0.1) is 0 Å². The number of ether oxygens (including phenoxy) is 1. The van der Waals surface area contributed by atoms with E-state index in [-0.39, 0.29) is 12.0 Å². The Morgan fingerprint density at radius 1 is 1.00 bits per heavy atom. The number of hydrogen-bond donors (Lipinski definition) is 2. The fraction of sp³-hybridized carbons (Fsp3) is 0.565. The number of amides is 2. The predicted octanol–water partition coefficient (Wildman–Crippen LogP) is 2.49. The second kappa shape index (κ2) is 11.0. The molecule has 1 saturated heterocycles. The summed E-state index contributed by atoms with van der Waals surface area (Å²) in [6.07, 6.45) is 3.87. The lowest BCUT2D eigenvalue weighted by Gasteiger charge is -2.35. The van der Waals surface area contributed by atoms with Gasteiger partial charge in [-0.25, -0.2) is 4.79 Å². The van der Waals surface area contributed by atoms with Crippen molar-refractivity contribution in [1.82, 2.24) is 20.4 Å². The van der Waals surface area contributed by atoms with E-state index in [0.29, 0.717) is 31.8 Å². The Labute approximate surface area is 179 Å². The van der Waals surface area contributed by atoms with Gasteiger partial charge in [-0.05, 0) is 31.2 Å².